The Morgan fingerprint density at radius 2 is 2.06 bits per heavy atom. The minimum atomic E-state index is -0.891. The molecule has 0 saturated heterocycles. The van der Waals surface area contributed by atoms with Crippen molar-refractivity contribution in [3.05, 3.63) is 22.7 Å². The van der Waals surface area contributed by atoms with Gasteiger partial charge in [-0.25, -0.2) is 0 Å². The van der Waals surface area contributed by atoms with Crippen LogP contribution in [0.3, 0.4) is 0 Å². The number of hydrogen-bond donors (Lipinski definition) is 1. The highest BCUT2D eigenvalue weighted by molar-refractivity contribution is 6.34. The molecule has 1 unspecified atom stereocenters. The third-order valence-electron chi connectivity index (χ3n) is 2.46. The second-order valence-corrected chi connectivity index (χ2v) is 4.51. The van der Waals surface area contributed by atoms with Crippen LogP contribution >= 0.6 is 23.2 Å². The van der Waals surface area contributed by atoms with E-state index in [-0.39, 0.29) is 6.42 Å². The molecule has 0 heterocycles. The van der Waals surface area contributed by atoms with Crippen molar-refractivity contribution >= 4 is 29.2 Å². The quantitative estimate of drug-likeness (QED) is 0.815. The van der Waals surface area contributed by atoms with E-state index in [4.69, 9.17) is 37.8 Å². The van der Waals surface area contributed by atoms with Crippen LogP contribution in [0.2, 0.25) is 5.02 Å². The Bertz CT molecular complexity index is 434. The summed E-state index contributed by atoms with van der Waals surface area (Å²) in [5.41, 5.74) is 0.636. The maximum absolute atomic E-state index is 10.5. The zero-order chi connectivity index (χ0) is 13.7. The summed E-state index contributed by atoms with van der Waals surface area (Å²) < 4.78 is 10.3. The van der Waals surface area contributed by atoms with Gasteiger partial charge in [0.15, 0.2) is 11.5 Å². The van der Waals surface area contributed by atoms with Crippen LogP contribution < -0.4 is 9.47 Å². The number of ether oxygens (including phenoxy) is 2. The van der Waals surface area contributed by atoms with Gasteiger partial charge in [0.05, 0.1) is 24.6 Å². The maximum Gasteiger partial charge on any atom is 0.303 e. The molecule has 0 aliphatic carbocycles. The molecule has 0 aromatic heterocycles. The van der Waals surface area contributed by atoms with Gasteiger partial charge >= 0.3 is 5.97 Å². The summed E-state index contributed by atoms with van der Waals surface area (Å²) in [5.74, 6) is 0.0169. The number of methoxy groups -OCH3 is 2. The molecule has 1 aromatic rings. The number of carboxylic acids is 1. The highest BCUT2D eigenvalue weighted by Gasteiger charge is 2.19. The fraction of sp³-hybridized carbons (Fsp3) is 0.417. The van der Waals surface area contributed by atoms with Crippen LogP contribution in [0.4, 0.5) is 0 Å². The lowest BCUT2D eigenvalue weighted by Gasteiger charge is -2.15. The van der Waals surface area contributed by atoms with E-state index in [1.807, 2.05) is 0 Å². The molecule has 0 aliphatic heterocycles. The first kappa shape index (κ1) is 14.9. The Balaban J connectivity index is 2.99. The fourth-order valence-electron chi connectivity index (χ4n) is 1.55. The molecule has 1 aromatic carbocycles. The smallest absolute Gasteiger partial charge is 0.303 e. The average molecular weight is 293 g/mol. The fourth-order valence-corrected chi connectivity index (χ4v) is 2.26. The van der Waals surface area contributed by atoms with Gasteiger partial charge in [0.25, 0.3) is 0 Å². The normalized spacial score (nSPS) is 12.0. The van der Waals surface area contributed by atoms with Gasteiger partial charge < -0.3 is 14.6 Å². The van der Waals surface area contributed by atoms with E-state index in [2.05, 4.69) is 0 Å². The van der Waals surface area contributed by atoms with Crippen LogP contribution in [0.5, 0.6) is 11.5 Å². The van der Waals surface area contributed by atoms with Crippen molar-refractivity contribution in [2.45, 2.75) is 18.2 Å². The van der Waals surface area contributed by atoms with Crippen LogP contribution in [0.1, 0.15) is 23.8 Å². The lowest BCUT2D eigenvalue weighted by molar-refractivity contribution is -0.137. The van der Waals surface area contributed by atoms with E-state index in [9.17, 15) is 4.79 Å². The number of aliphatic carboxylic acids is 1. The lowest BCUT2D eigenvalue weighted by Crippen LogP contribution is -2.00. The second-order valence-electron chi connectivity index (χ2n) is 3.60. The molecule has 4 nitrogen and oxygen atoms in total. The molecule has 0 saturated carbocycles. The van der Waals surface area contributed by atoms with E-state index in [0.717, 1.165) is 0 Å². The summed E-state index contributed by atoms with van der Waals surface area (Å²) in [5, 5.41) is 8.50. The second kappa shape index (κ2) is 6.71. The lowest BCUT2D eigenvalue weighted by atomic mass is 10.1. The molecular weight excluding hydrogens is 279 g/mol. The number of carboxylic acid groups (broad SMARTS) is 1. The third kappa shape index (κ3) is 3.43. The Labute approximate surface area is 115 Å². The highest BCUT2D eigenvalue weighted by Crippen LogP contribution is 2.42. The molecule has 0 radical (unpaired) electrons. The van der Waals surface area contributed by atoms with E-state index >= 15 is 0 Å². The molecule has 0 spiro atoms. The monoisotopic (exact) mass is 292 g/mol. The van der Waals surface area contributed by atoms with Crippen LogP contribution in [-0.4, -0.2) is 25.3 Å². The summed E-state index contributed by atoms with van der Waals surface area (Å²) in [4.78, 5) is 10.5. The topological polar surface area (TPSA) is 55.8 Å². The Hall–Kier alpha value is -1.13. The Morgan fingerprint density at radius 3 is 2.56 bits per heavy atom. The molecule has 1 atom stereocenters. The van der Waals surface area contributed by atoms with E-state index in [1.165, 1.54) is 14.2 Å². The summed E-state index contributed by atoms with van der Waals surface area (Å²) in [6, 6.07) is 3.40. The third-order valence-corrected chi connectivity index (χ3v) is 3.31. The van der Waals surface area contributed by atoms with Crippen LogP contribution in [0.15, 0.2) is 12.1 Å². The van der Waals surface area contributed by atoms with Gasteiger partial charge in [-0.2, -0.15) is 0 Å². The molecular formula is C12H14Cl2O4. The predicted octanol–water partition coefficient (Wildman–Crippen LogP) is 3.50. The van der Waals surface area contributed by atoms with Crippen molar-refractivity contribution in [1.82, 2.24) is 0 Å². The first-order valence-electron chi connectivity index (χ1n) is 5.27. The van der Waals surface area contributed by atoms with Crippen molar-refractivity contribution < 1.29 is 19.4 Å². The van der Waals surface area contributed by atoms with Crippen molar-refractivity contribution in [3.8, 4) is 11.5 Å². The SMILES string of the molecule is COc1ccc(C(Cl)CCC(=O)O)c(Cl)c1OC. The van der Waals surface area contributed by atoms with E-state index < -0.39 is 11.3 Å². The predicted molar refractivity (Wildman–Crippen MR) is 70.0 cm³/mol. The molecule has 0 fully saturated rings. The Morgan fingerprint density at radius 1 is 1.39 bits per heavy atom. The minimum Gasteiger partial charge on any atom is -0.493 e. The maximum atomic E-state index is 10.5. The summed E-state index contributed by atoms with van der Waals surface area (Å²) >= 11 is 12.3. The van der Waals surface area contributed by atoms with Crippen molar-refractivity contribution in [3.63, 3.8) is 0 Å². The number of carbonyl (C=O) groups is 1. The van der Waals surface area contributed by atoms with Gasteiger partial charge in [-0.1, -0.05) is 17.7 Å². The van der Waals surface area contributed by atoms with Gasteiger partial charge in [-0.05, 0) is 18.1 Å². The van der Waals surface area contributed by atoms with Gasteiger partial charge in [0.1, 0.15) is 0 Å². The summed E-state index contributed by atoms with van der Waals surface area (Å²) in [6.45, 7) is 0. The first-order chi connectivity index (χ1) is 8.51. The number of rotatable bonds is 6. The Kier molecular flexibility index (Phi) is 5.56. The molecule has 0 aliphatic rings. The molecule has 1 N–H and O–H groups in total. The average Bonchev–Trinajstić information content (AvgIpc) is 2.35. The molecule has 0 amide bonds. The number of hydrogen-bond acceptors (Lipinski definition) is 3. The molecule has 0 bridgehead atoms. The van der Waals surface area contributed by atoms with Crippen LogP contribution in [0, 0.1) is 0 Å². The van der Waals surface area contributed by atoms with Crippen LogP contribution in [-0.2, 0) is 4.79 Å². The van der Waals surface area contributed by atoms with Crippen molar-refractivity contribution in [1.29, 1.82) is 0 Å². The molecule has 6 heteroatoms. The molecule has 100 valence electrons. The summed E-state index contributed by atoms with van der Waals surface area (Å²) in [6.07, 6.45) is 0.283. The number of halogens is 2. The molecule has 1 rings (SSSR count). The standard InChI is InChI=1S/C12H14Cl2O4/c1-17-9-5-3-7(11(14)12(9)18-2)8(13)4-6-10(15)16/h3,5,8H,4,6H2,1-2H3,(H,15,16). The van der Waals surface area contributed by atoms with Crippen molar-refractivity contribution in [2.24, 2.45) is 0 Å². The summed E-state index contributed by atoms with van der Waals surface area (Å²) in [7, 11) is 2.99. The van der Waals surface area contributed by atoms with Crippen LogP contribution in [0.25, 0.3) is 0 Å². The van der Waals surface area contributed by atoms with Gasteiger partial charge in [-0.3, -0.25) is 4.79 Å². The number of alkyl halides is 1. The van der Waals surface area contributed by atoms with Gasteiger partial charge in [0, 0.05) is 6.42 Å². The van der Waals surface area contributed by atoms with E-state index in [1.54, 1.807) is 12.1 Å². The zero-order valence-corrected chi connectivity index (χ0v) is 11.6. The zero-order valence-electron chi connectivity index (χ0n) is 10.1. The van der Waals surface area contributed by atoms with Gasteiger partial charge in [0.2, 0.25) is 0 Å². The highest BCUT2D eigenvalue weighted by atomic mass is 35.5. The van der Waals surface area contributed by atoms with Gasteiger partial charge in [-0.15, -0.1) is 11.6 Å². The van der Waals surface area contributed by atoms with E-state index in [0.29, 0.717) is 28.5 Å². The minimum absolute atomic E-state index is 0.0150. The molecule has 18 heavy (non-hydrogen) atoms. The largest absolute Gasteiger partial charge is 0.493 e. The number of benzene rings is 1. The van der Waals surface area contributed by atoms with Crippen molar-refractivity contribution in [2.75, 3.05) is 14.2 Å². The first-order valence-corrected chi connectivity index (χ1v) is 6.09.